The lowest BCUT2D eigenvalue weighted by Crippen LogP contribution is -1.79. The van der Waals surface area contributed by atoms with Crippen LogP contribution in [0.15, 0.2) is 65.2 Å². The van der Waals surface area contributed by atoms with Crippen molar-refractivity contribution in [3.05, 3.63) is 66.6 Å². The van der Waals surface area contributed by atoms with E-state index in [2.05, 4.69) is 29.2 Å². The highest BCUT2D eigenvalue weighted by Gasteiger charge is 2.04. The summed E-state index contributed by atoms with van der Waals surface area (Å²) in [4.78, 5) is 4.22. The molecule has 0 atom stereocenters. The Bertz CT molecular complexity index is 638. The van der Waals surface area contributed by atoms with Crippen molar-refractivity contribution in [2.75, 3.05) is 0 Å². The van der Waals surface area contributed by atoms with E-state index in [0.29, 0.717) is 5.89 Å². The van der Waals surface area contributed by atoms with Crippen LogP contribution < -0.4 is 0 Å². The number of aryl methyl sites for hydroxylation is 1. The second kappa shape index (κ2) is 4.49. The third-order valence-corrected chi connectivity index (χ3v) is 2.86. The molecule has 0 saturated carbocycles. The second-order valence-corrected chi connectivity index (χ2v) is 4.22. The van der Waals surface area contributed by atoms with E-state index in [1.807, 2.05) is 37.3 Å². The van der Waals surface area contributed by atoms with Crippen molar-refractivity contribution in [1.29, 1.82) is 0 Å². The van der Waals surface area contributed by atoms with Gasteiger partial charge in [0, 0.05) is 5.56 Å². The van der Waals surface area contributed by atoms with E-state index in [0.717, 1.165) is 11.3 Å². The molecule has 0 saturated heterocycles. The molecule has 18 heavy (non-hydrogen) atoms. The molecule has 2 nitrogen and oxygen atoms in total. The monoisotopic (exact) mass is 235 g/mol. The molecule has 0 aliphatic heterocycles. The predicted octanol–water partition coefficient (Wildman–Crippen LogP) is 4.32. The average Bonchev–Trinajstić information content (AvgIpc) is 2.87. The minimum absolute atomic E-state index is 0.673. The van der Waals surface area contributed by atoms with Crippen LogP contribution >= 0.6 is 0 Å². The average molecular weight is 235 g/mol. The van der Waals surface area contributed by atoms with Gasteiger partial charge in [-0.1, -0.05) is 42.5 Å². The van der Waals surface area contributed by atoms with Gasteiger partial charge in [-0.15, -0.1) is 0 Å². The van der Waals surface area contributed by atoms with Crippen molar-refractivity contribution in [3.8, 4) is 22.6 Å². The van der Waals surface area contributed by atoms with Gasteiger partial charge in [-0.05, 0) is 30.2 Å². The summed E-state index contributed by atoms with van der Waals surface area (Å²) in [6, 6.07) is 18.6. The molecule has 0 fully saturated rings. The number of hydrogen-bond donors (Lipinski definition) is 0. The molecule has 0 N–H and O–H groups in total. The zero-order chi connectivity index (χ0) is 12.4. The zero-order valence-corrected chi connectivity index (χ0v) is 10.1. The number of oxazole rings is 1. The molecule has 0 bridgehead atoms. The highest BCUT2D eigenvalue weighted by atomic mass is 16.4. The van der Waals surface area contributed by atoms with Gasteiger partial charge in [-0.3, -0.25) is 0 Å². The van der Waals surface area contributed by atoms with Crippen molar-refractivity contribution in [2.45, 2.75) is 6.92 Å². The highest BCUT2D eigenvalue weighted by molar-refractivity contribution is 5.67. The number of benzene rings is 2. The molecular formula is C16H13NO. The molecular weight excluding hydrogens is 222 g/mol. The van der Waals surface area contributed by atoms with Crippen molar-refractivity contribution in [3.63, 3.8) is 0 Å². The van der Waals surface area contributed by atoms with E-state index in [1.165, 1.54) is 11.1 Å². The standard InChI is InChI=1S/C16H13NO/c1-12-11-17-16(18-12)15-9-7-14(8-10-15)13-5-3-2-4-6-13/h2-11H,1H3. The van der Waals surface area contributed by atoms with Gasteiger partial charge in [-0.2, -0.15) is 0 Å². The minimum atomic E-state index is 0.673. The molecule has 3 aromatic rings. The molecule has 0 unspecified atom stereocenters. The van der Waals surface area contributed by atoms with Crippen LogP contribution in [0.4, 0.5) is 0 Å². The van der Waals surface area contributed by atoms with E-state index in [9.17, 15) is 0 Å². The van der Waals surface area contributed by atoms with Crippen LogP contribution in [0, 0.1) is 6.92 Å². The van der Waals surface area contributed by atoms with Gasteiger partial charge in [0.15, 0.2) is 0 Å². The first-order valence-corrected chi connectivity index (χ1v) is 5.91. The predicted molar refractivity (Wildman–Crippen MR) is 72.1 cm³/mol. The van der Waals surface area contributed by atoms with Gasteiger partial charge in [0.2, 0.25) is 5.89 Å². The molecule has 0 amide bonds. The van der Waals surface area contributed by atoms with Gasteiger partial charge in [0.05, 0.1) is 6.20 Å². The van der Waals surface area contributed by atoms with Crippen LogP contribution in [0.2, 0.25) is 0 Å². The van der Waals surface area contributed by atoms with Crippen LogP contribution in [0.25, 0.3) is 22.6 Å². The maximum absolute atomic E-state index is 5.50. The van der Waals surface area contributed by atoms with Gasteiger partial charge in [0.1, 0.15) is 5.76 Å². The first-order valence-electron chi connectivity index (χ1n) is 5.91. The molecule has 1 heterocycles. The summed E-state index contributed by atoms with van der Waals surface area (Å²) < 4.78 is 5.50. The Morgan fingerprint density at radius 3 is 2.00 bits per heavy atom. The largest absolute Gasteiger partial charge is 0.441 e. The van der Waals surface area contributed by atoms with Crippen LogP contribution in [-0.2, 0) is 0 Å². The Kier molecular flexibility index (Phi) is 2.69. The smallest absolute Gasteiger partial charge is 0.226 e. The molecule has 1 aromatic heterocycles. The summed E-state index contributed by atoms with van der Waals surface area (Å²) in [6.45, 7) is 1.90. The fourth-order valence-corrected chi connectivity index (χ4v) is 1.92. The van der Waals surface area contributed by atoms with Crippen LogP contribution in [-0.4, -0.2) is 4.98 Å². The Balaban J connectivity index is 1.94. The lowest BCUT2D eigenvalue weighted by molar-refractivity contribution is 0.542. The van der Waals surface area contributed by atoms with E-state index >= 15 is 0 Å². The van der Waals surface area contributed by atoms with Crippen molar-refractivity contribution in [1.82, 2.24) is 4.98 Å². The van der Waals surface area contributed by atoms with E-state index in [4.69, 9.17) is 4.42 Å². The molecule has 3 rings (SSSR count). The highest BCUT2D eigenvalue weighted by Crippen LogP contribution is 2.24. The van der Waals surface area contributed by atoms with E-state index in [1.54, 1.807) is 6.20 Å². The Labute approximate surface area is 106 Å². The normalized spacial score (nSPS) is 10.5. The third kappa shape index (κ3) is 2.05. The van der Waals surface area contributed by atoms with E-state index in [-0.39, 0.29) is 0 Å². The summed E-state index contributed by atoms with van der Waals surface area (Å²) >= 11 is 0. The van der Waals surface area contributed by atoms with Crippen molar-refractivity contribution >= 4 is 0 Å². The summed E-state index contributed by atoms with van der Waals surface area (Å²) in [6.07, 6.45) is 1.74. The van der Waals surface area contributed by atoms with Crippen LogP contribution in [0.5, 0.6) is 0 Å². The zero-order valence-electron chi connectivity index (χ0n) is 10.1. The van der Waals surface area contributed by atoms with Gasteiger partial charge in [-0.25, -0.2) is 4.98 Å². The first-order chi connectivity index (χ1) is 8.83. The number of aromatic nitrogens is 1. The lowest BCUT2D eigenvalue weighted by Gasteiger charge is -2.02. The molecule has 88 valence electrons. The van der Waals surface area contributed by atoms with Gasteiger partial charge < -0.3 is 4.42 Å². The second-order valence-electron chi connectivity index (χ2n) is 4.22. The third-order valence-electron chi connectivity index (χ3n) is 2.86. The molecule has 2 aromatic carbocycles. The van der Waals surface area contributed by atoms with Crippen molar-refractivity contribution < 1.29 is 4.42 Å². The fraction of sp³-hybridized carbons (Fsp3) is 0.0625. The molecule has 0 aliphatic rings. The van der Waals surface area contributed by atoms with Gasteiger partial charge in [0.25, 0.3) is 0 Å². The molecule has 0 spiro atoms. The maximum atomic E-state index is 5.50. The number of nitrogens with zero attached hydrogens (tertiary/aromatic N) is 1. The summed E-state index contributed by atoms with van der Waals surface area (Å²) in [7, 11) is 0. The maximum Gasteiger partial charge on any atom is 0.226 e. The quantitative estimate of drug-likeness (QED) is 0.661. The van der Waals surface area contributed by atoms with Crippen molar-refractivity contribution in [2.24, 2.45) is 0 Å². The number of hydrogen-bond acceptors (Lipinski definition) is 2. The summed E-state index contributed by atoms with van der Waals surface area (Å²) in [5, 5.41) is 0. The van der Waals surface area contributed by atoms with Gasteiger partial charge >= 0.3 is 0 Å². The van der Waals surface area contributed by atoms with Crippen LogP contribution in [0.1, 0.15) is 5.76 Å². The first kappa shape index (κ1) is 10.8. The minimum Gasteiger partial charge on any atom is -0.441 e. The Morgan fingerprint density at radius 1 is 0.778 bits per heavy atom. The Hall–Kier alpha value is -2.35. The molecule has 0 aliphatic carbocycles. The van der Waals surface area contributed by atoms with E-state index < -0.39 is 0 Å². The molecule has 0 radical (unpaired) electrons. The fourth-order valence-electron chi connectivity index (χ4n) is 1.92. The molecule has 2 heteroatoms. The SMILES string of the molecule is Cc1cnc(-c2ccc(-c3ccccc3)cc2)o1. The summed E-state index contributed by atoms with van der Waals surface area (Å²) in [5.41, 5.74) is 3.41. The van der Waals surface area contributed by atoms with Crippen LogP contribution in [0.3, 0.4) is 0 Å². The lowest BCUT2D eigenvalue weighted by atomic mass is 10.0. The summed E-state index contributed by atoms with van der Waals surface area (Å²) in [5.74, 6) is 1.50. The Morgan fingerprint density at radius 2 is 1.39 bits per heavy atom. The topological polar surface area (TPSA) is 26.0 Å². The number of rotatable bonds is 2.